The number of halogens is 1. The van der Waals surface area contributed by atoms with Crippen molar-refractivity contribution >= 4 is 11.6 Å². The van der Waals surface area contributed by atoms with E-state index >= 15 is 0 Å². The first kappa shape index (κ1) is 15.8. The summed E-state index contributed by atoms with van der Waals surface area (Å²) in [6.45, 7) is 3.80. The summed E-state index contributed by atoms with van der Waals surface area (Å²) in [5.41, 5.74) is 0.745. The van der Waals surface area contributed by atoms with Gasteiger partial charge < -0.3 is 14.8 Å². The Morgan fingerprint density at radius 2 is 1.86 bits per heavy atom. The monoisotopic (exact) mass is 303 g/mol. The molecule has 2 aromatic carbocycles. The maximum absolute atomic E-state index is 13.7. The Kier molecular flexibility index (Phi) is 4.99. The zero-order valence-corrected chi connectivity index (χ0v) is 12.7. The number of rotatable bonds is 5. The highest BCUT2D eigenvalue weighted by Crippen LogP contribution is 2.26. The molecule has 0 aliphatic rings. The Morgan fingerprint density at radius 3 is 2.50 bits per heavy atom. The molecule has 22 heavy (non-hydrogen) atoms. The molecule has 0 fully saturated rings. The molecule has 116 valence electrons. The lowest BCUT2D eigenvalue weighted by atomic mass is 10.2. The van der Waals surface area contributed by atoms with Crippen molar-refractivity contribution in [1.82, 2.24) is 0 Å². The normalized spacial score (nSPS) is 10.4. The fourth-order valence-corrected chi connectivity index (χ4v) is 1.93. The van der Waals surface area contributed by atoms with E-state index in [2.05, 4.69) is 5.32 Å². The molecule has 0 atom stereocenters. The van der Waals surface area contributed by atoms with Crippen LogP contribution in [0.25, 0.3) is 0 Å². The van der Waals surface area contributed by atoms with Crippen LogP contribution in [0.2, 0.25) is 0 Å². The summed E-state index contributed by atoms with van der Waals surface area (Å²) in [6.07, 6.45) is -0.0171. The van der Waals surface area contributed by atoms with Gasteiger partial charge in [0.15, 0.2) is 11.6 Å². The van der Waals surface area contributed by atoms with E-state index in [-0.39, 0.29) is 17.4 Å². The Hall–Kier alpha value is -2.56. The van der Waals surface area contributed by atoms with E-state index in [4.69, 9.17) is 9.47 Å². The highest BCUT2D eigenvalue weighted by Gasteiger charge is 2.13. The molecular weight excluding hydrogens is 285 g/mol. The number of methoxy groups -OCH3 is 1. The summed E-state index contributed by atoms with van der Waals surface area (Å²) in [6, 6.07) is 11.2. The minimum absolute atomic E-state index is 0.0171. The van der Waals surface area contributed by atoms with E-state index in [1.807, 2.05) is 19.9 Å². The van der Waals surface area contributed by atoms with Crippen molar-refractivity contribution in [2.75, 3.05) is 12.4 Å². The third-order valence-electron chi connectivity index (χ3n) is 2.91. The fourth-order valence-electron chi connectivity index (χ4n) is 1.93. The molecule has 0 aliphatic heterocycles. The van der Waals surface area contributed by atoms with Crippen molar-refractivity contribution in [1.29, 1.82) is 0 Å². The van der Waals surface area contributed by atoms with Gasteiger partial charge in [-0.25, -0.2) is 4.39 Å². The SMILES string of the molecule is COc1ccc(C(=O)Nc2ccccc2OC(C)C)cc1F. The molecule has 1 amide bonds. The molecule has 1 N–H and O–H groups in total. The van der Waals surface area contributed by atoms with Crippen LogP contribution in [0, 0.1) is 5.82 Å². The molecule has 0 aliphatic carbocycles. The number of hydrogen-bond donors (Lipinski definition) is 1. The molecule has 0 bridgehead atoms. The Balaban J connectivity index is 2.20. The summed E-state index contributed by atoms with van der Waals surface area (Å²) >= 11 is 0. The van der Waals surface area contributed by atoms with E-state index in [1.54, 1.807) is 18.2 Å². The number of carbonyl (C=O) groups is 1. The van der Waals surface area contributed by atoms with Crippen molar-refractivity contribution in [3.63, 3.8) is 0 Å². The molecule has 2 rings (SSSR count). The number of carbonyl (C=O) groups excluding carboxylic acids is 1. The fraction of sp³-hybridized carbons (Fsp3) is 0.235. The number of anilines is 1. The summed E-state index contributed by atoms with van der Waals surface area (Å²) in [7, 11) is 1.37. The molecule has 0 heterocycles. The molecule has 2 aromatic rings. The standard InChI is InChI=1S/C17H18FNO3/c1-11(2)22-16-7-5-4-6-14(16)19-17(20)12-8-9-15(21-3)13(18)10-12/h4-11H,1-3H3,(H,19,20). The van der Waals surface area contributed by atoms with Crippen molar-refractivity contribution in [2.45, 2.75) is 20.0 Å². The van der Waals surface area contributed by atoms with E-state index in [1.165, 1.54) is 19.2 Å². The number of hydrogen-bond acceptors (Lipinski definition) is 3. The lowest BCUT2D eigenvalue weighted by molar-refractivity contribution is 0.102. The first-order chi connectivity index (χ1) is 10.5. The van der Waals surface area contributed by atoms with E-state index in [9.17, 15) is 9.18 Å². The Morgan fingerprint density at radius 1 is 1.14 bits per heavy atom. The summed E-state index contributed by atoms with van der Waals surface area (Å²) in [4.78, 5) is 12.2. The molecule has 0 spiro atoms. The van der Waals surface area contributed by atoms with Gasteiger partial charge in [0.1, 0.15) is 5.75 Å². The zero-order valence-electron chi connectivity index (χ0n) is 12.7. The lowest BCUT2D eigenvalue weighted by Gasteiger charge is -2.15. The van der Waals surface area contributed by atoms with Crippen LogP contribution in [-0.4, -0.2) is 19.1 Å². The van der Waals surface area contributed by atoms with E-state index in [0.29, 0.717) is 11.4 Å². The van der Waals surface area contributed by atoms with Crippen LogP contribution in [0.1, 0.15) is 24.2 Å². The minimum Gasteiger partial charge on any atom is -0.494 e. The van der Waals surface area contributed by atoms with Gasteiger partial charge in [-0.05, 0) is 44.2 Å². The number of nitrogens with one attached hydrogen (secondary N) is 1. The van der Waals surface area contributed by atoms with Crippen LogP contribution in [0.15, 0.2) is 42.5 Å². The topological polar surface area (TPSA) is 47.6 Å². The Bertz CT molecular complexity index is 671. The third kappa shape index (κ3) is 3.75. The third-order valence-corrected chi connectivity index (χ3v) is 2.91. The second kappa shape index (κ2) is 6.93. The van der Waals surface area contributed by atoms with Crippen LogP contribution < -0.4 is 14.8 Å². The van der Waals surface area contributed by atoms with Gasteiger partial charge in [0.2, 0.25) is 0 Å². The first-order valence-corrected chi connectivity index (χ1v) is 6.92. The van der Waals surface area contributed by atoms with Crippen molar-refractivity contribution in [3.8, 4) is 11.5 Å². The molecular formula is C17H18FNO3. The predicted octanol–water partition coefficient (Wildman–Crippen LogP) is 3.87. The summed E-state index contributed by atoms with van der Waals surface area (Å²) < 4.78 is 24.1. The van der Waals surface area contributed by atoms with Crippen LogP contribution >= 0.6 is 0 Å². The van der Waals surface area contributed by atoms with E-state index < -0.39 is 11.7 Å². The van der Waals surface area contributed by atoms with Gasteiger partial charge in [0.05, 0.1) is 18.9 Å². The first-order valence-electron chi connectivity index (χ1n) is 6.92. The number of benzene rings is 2. The number of para-hydroxylation sites is 2. The number of amides is 1. The van der Waals surface area contributed by atoms with Gasteiger partial charge in [-0.2, -0.15) is 0 Å². The van der Waals surface area contributed by atoms with Crippen LogP contribution in [0.3, 0.4) is 0 Å². The average Bonchev–Trinajstić information content (AvgIpc) is 2.48. The summed E-state index contributed by atoms with van der Waals surface area (Å²) in [5, 5.41) is 2.73. The highest BCUT2D eigenvalue weighted by molar-refractivity contribution is 6.05. The van der Waals surface area contributed by atoms with Crippen LogP contribution in [0.4, 0.5) is 10.1 Å². The van der Waals surface area contributed by atoms with Crippen LogP contribution in [-0.2, 0) is 0 Å². The average molecular weight is 303 g/mol. The molecule has 0 saturated carbocycles. The van der Waals surface area contributed by atoms with E-state index in [0.717, 1.165) is 6.07 Å². The maximum Gasteiger partial charge on any atom is 0.255 e. The molecule has 4 nitrogen and oxygen atoms in total. The largest absolute Gasteiger partial charge is 0.494 e. The molecule has 0 saturated heterocycles. The molecule has 0 unspecified atom stereocenters. The number of ether oxygens (including phenoxy) is 2. The molecule has 5 heteroatoms. The summed E-state index contributed by atoms with van der Waals surface area (Å²) in [5.74, 6) is -0.330. The maximum atomic E-state index is 13.7. The lowest BCUT2D eigenvalue weighted by Crippen LogP contribution is -2.14. The van der Waals surface area contributed by atoms with Gasteiger partial charge >= 0.3 is 0 Å². The zero-order chi connectivity index (χ0) is 16.1. The van der Waals surface area contributed by atoms with Gasteiger partial charge in [0.25, 0.3) is 5.91 Å². The van der Waals surface area contributed by atoms with Gasteiger partial charge in [-0.15, -0.1) is 0 Å². The second-order valence-corrected chi connectivity index (χ2v) is 4.97. The van der Waals surface area contributed by atoms with Gasteiger partial charge in [-0.3, -0.25) is 4.79 Å². The van der Waals surface area contributed by atoms with Crippen molar-refractivity contribution in [3.05, 3.63) is 53.8 Å². The molecule has 0 radical (unpaired) electrons. The quantitative estimate of drug-likeness (QED) is 0.912. The Labute approximate surface area is 128 Å². The van der Waals surface area contributed by atoms with Crippen molar-refractivity contribution < 1.29 is 18.7 Å². The highest BCUT2D eigenvalue weighted by atomic mass is 19.1. The predicted molar refractivity (Wildman–Crippen MR) is 83.1 cm³/mol. The smallest absolute Gasteiger partial charge is 0.255 e. The van der Waals surface area contributed by atoms with Crippen molar-refractivity contribution in [2.24, 2.45) is 0 Å². The van der Waals surface area contributed by atoms with Crippen LogP contribution in [0.5, 0.6) is 11.5 Å². The minimum atomic E-state index is -0.582. The van der Waals surface area contributed by atoms with Gasteiger partial charge in [-0.1, -0.05) is 12.1 Å². The van der Waals surface area contributed by atoms with Gasteiger partial charge in [0, 0.05) is 5.56 Å². The second-order valence-electron chi connectivity index (χ2n) is 4.97. The molecule has 0 aromatic heterocycles.